The first-order valence-corrected chi connectivity index (χ1v) is 9.55. The van der Waals surface area contributed by atoms with Gasteiger partial charge in [0.15, 0.2) is 0 Å². The van der Waals surface area contributed by atoms with Crippen LogP contribution in [0.1, 0.15) is 61.8 Å². The summed E-state index contributed by atoms with van der Waals surface area (Å²) in [6, 6.07) is -1.44. The van der Waals surface area contributed by atoms with E-state index in [9.17, 15) is 14.4 Å². The molecule has 0 radical (unpaired) electrons. The molecule has 0 bridgehead atoms. The van der Waals surface area contributed by atoms with E-state index in [-0.39, 0.29) is 11.8 Å². The Morgan fingerprint density at radius 3 is 2.04 bits per heavy atom. The van der Waals surface area contributed by atoms with Crippen LogP contribution in [0.5, 0.6) is 0 Å². The van der Waals surface area contributed by atoms with Crippen LogP contribution in [-0.4, -0.2) is 54.2 Å². The molecular weight excluding hydrogens is 348 g/mol. The van der Waals surface area contributed by atoms with Crippen LogP contribution in [0.4, 0.5) is 4.79 Å². The summed E-state index contributed by atoms with van der Waals surface area (Å²) in [5.74, 6) is -0.162. The van der Waals surface area contributed by atoms with E-state index in [4.69, 9.17) is 9.47 Å². The van der Waals surface area contributed by atoms with Crippen LogP contribution in [0.25, 0.3) is 0 Å². The van der Waals surface area contributed by atoms with E-state index >= 15 is 0 Å². The molecule has 2 amide bonds. The molecule has 0 aromatic heterocycles. The van der Waals surface area contributed by atoms with Gasteiger partial charge >= 0.3 is 12.1 Å². The summed E-state index contributed by atoms with van der Waals surface area (Å²) in [7, 11) is 1.33. The van der Waals surface area contributed by atoms with Crippen molar-refractivity contribution in [3.63, 3.8) is 0 Å². The van der Waals surface area contributed by atoms with Crippen molar-refractivity contribution in [2.75, 3.05) is 13.7 Å². The van der Waals surface area contributed by atoms with Crippen LogP contribution < -0.4 is 5.32 Å². The van der Waals surface area contributed by atoms with Crippen LogP contribution in [0, 0.1) is 17.3 Å². The number of carbonyl (C=O) groups excluding carboxylic acids is 3. The molecule has 3 atom stereocenters. The van der Waals surface area contributed by atoms with Crippen LogP contribution in [-0.2, 0) is 19.1 Å². The van der Waals surface area contributed by atoms with Crippen molar-refractivity contribution in [2.45, 2.75) is 79.5 Å². The minimum absolute atomic E-state index is 0.209. The Morgan fingerprint density at radius 1 is 1.07 bits per heavy atom. The van der Waals surface area contributed by atoms with Gasteiger partial charge in [-0.05, 0) is 44.4 Å². The lowest BCUT2D eigenvalue weighted by atomic mass is 9.85. The third kappa shape index (κ3) is 6.40. The predicted molar refractivity (Wildman–Crippen MR) is 103 cm³/mol. The normalized spacial score (nSPS) is 21.8. The van der Waals surface area contributed by atoms with Gasteiger partial charge in [-0.25, -0.2) is 9.59 Å². The minimum Gasteiger partial charge on any atom is -0.467 e. The SMILES string of the molecule is COC(=O)[C@@H]1C[C@H](C(C)C)CN1C(=O)[C@@H](NC(=O)OC(C)(C)C)C(C)(C)C. The van der Waals surface area contributed by atoms with Gasteiger partial charge in [0.2, 0.25) is 5.91 Å². The topological polar surface area (TPSA) is 84.9 Å². The lowest BCUT2D eigenvalue weighted by Gasteiger charge is -2.35. The van der Waals surface area contributed by atoms with E-state index in [1.165, 1.54) is 7.11 Å². The van der Waals surface area contributed by atoms with Crippen molar-refractivity contribution >= 4 is 18.0 Å². The number of rotatable bonds is 4. The largest absolute Gasteiger partial charge is 0.467 e. The van der Waals surface area contributed by atoms with Crippen molar-refractivity contribution in [1.29, 1.82) is 0 Å². The summed E-state index contributed by atoms with van der Waals surface area (Å²) >= 11 is 0. The van der Waals surface area contributed by atoms with E-state index in [2.05, 4.69) is 19.2 Å². The van der Waals surface area contributed by atoms with Gasteiger partial charge in [0.05, 0.1) is 7.11 Å². The number of hydrogen-bond donors (Lipinski definition) is 1. The molecular formula is C20H36N2O5. The Kier molecular flexibility index (Phi) is 7.30. The molecule has 0 aromatic carbocycles. The van der Waals surface area contributed by atoms with E-state index in [1.54, 1.807) is 25.7 Å². The highest BCUT2D eigenvalue weighted by Crippen LogP contribution is 2.32. The van der Waals surface area contributed by atoms with Crippen molar-refractivity contribution in [2.24, 2.45) is 17.3 Å². The van der Waals surface area contributed by atoms with Crippen LogP contribution in [0.3, 0.4) is 0 Å². The lowest BCUT2D eigenvalue weighted by Crippen LogP contribution is -2.57. The van der Waals surface area contributed by atoms with Gasteiger partial charge in [-0.15, -0.1) is 0 Å². The van der Waals surface area contributed by atoms with Crippen LogP contribution in [0.15, 0.2) is 0 Å². The maximum Gasteiger partial charge on any atom is 0.408 e. The van der Waals surface area contributed by atoms with Gasteiger partial charge in [0.1, 0.15) is 17.7 Å². The first-order chi connectivity index (χ1) is 12.2. The van der Waals surface area contributed by atoms with Gasteiger partial charge in [-0.2, -0.15) is 0 Å². The molecule has 0 spiro atoms. The predicted octanol–water partition coefficient (Wildman–Crippen LogP) is 2.97. The molecule has 1 heterocycles. The first kappa shape index (κ1) is 23.2. The summed E-state index contributed by atoms with van der Waals surface area (Å²) in [5, 5.41) is 2.71. The maximum atomic E-state index is 13.3. The molecule has 1 saturated heterocycles. The summed E-state index contributed by atoms with van der Waals surface area (Å²) in [6.07, 6.45) is -0.0793. The van der Waals surface area contributed by atoms with Gasteiger partial charge < -0.3 is 19.7 Å². The Balaban J connectivity index is 3.08. The number of esters is 1. The number of ether oxygens (including phenoxy) is 2. The Morgan fingerprint density at radius 2 is 1.63 bits per heavy atom. The second-order valence-electron chi connectivity index (χ2n) is 9.71. The fourth-order valence-corrected chi connectivity index (χ4v) is 3.19. The monoisotopic (exact) mass is 384 g/mol. The number of likely N-dealkylation sites (tertiary alicyclic amines) is 1. The van der Waals surface area contributed by atoms with E-state index in [1.807, 2.05) is 20.8 Å². The van der Waals surface area contributed by atoms with Gasteiger partial charge in [-0.1, -0.05) is 34.6 Å². The Hall–Kier alpha value is -1.79. The molecule has 1 aliphatic heterocycles. The molecule has 27 heavy (non-hydrogen) atoms. The molecule has 0 aromatic rings. The average Bonchev–Trinajstić information content (AvgIpc) is 2.93. The quantitative estimate of drug-likeness (QED) is 0.753. The standard InChI is InChI=1S/C20H36N2O5/c1-12(2)13-10-14(17(24)26-9)22(11-13)16(23)15(19(3,4)5)21-18(25)27-20(6,7)8/h12-15H,10-11H2,1-9H3,(H,21,25)/t13-,14-,15+/m0/s1. The first-order valence-electron chi connectivity index (χ1n) is 9.55. The molecule has 1 fully saturated rings. The van der Waals surface area contributed by atoms with Gasteiger partial charge in [0, 0.05) is 6.54 Å². The summed E-state index contributed by atoms with van der Waals surface area (Å²) in [5.41, 5.74) is -1.22. The van der Waals surface area contributed by atoms with Gasteiger partial charge in [-0.3, -0.25) is 4.79 Å². The van der Waals surface area contributed by atoms with Crippen LogP contribution >= 0.6 is 0 Å². The number of nitrogens with one attached hydrogen (secondary N) is 1. The second kappa shape index (κ2) is 8.48. The zero-order valence-corrected chi connectivity index (χ0v) is 18.2. The van der Waals surface area contributed by atoms with E-state index in [0.29, 0.717) is 18.9 Å². The second-order valence-corrected chi connectivity index (χ2v) is 9.71. The molecule has 0 aliphatic carbocycles. The van der Waals surface area contributed by atoms with Crippen LogP contribution in [0.2, 0.25) is 0 Å². The molecule has 1 rings (SSSR count). The number of methoxy groups -OCH3 is 1. The van der Waals surface area contributed by atoms with Gasteiger partial charge in [0.25, 0.3) is 0 Å². The zero-order chi connectivity index (χ0) is 21.2. The fraction of sp³-hybridized carbons (Fsp3) is 0.850. The third-order valence-corrected chi connectivity index (χ3v) is 4.81. The highest BCUT2D eigenvalue weighted by Gasteiger charge is 2.46. The van der Waals surface area contributed by atoms with E-state index in [0.717, 1.165) is 0 Å². The average molecular weight is 385 g/mol. The highest BCUT2D eigenvalue weighted by molar-refractivity contribution is 5.90. The zero-order valence-electron chi connectivity index (χ0n) is 18.2. The molecule has 156 valence electrons. The number of carbonyl (C=O) groups is 3. The smallest absolute Gasteiger partial charge is 0.408 e. The lowest BCUT2D eigenvalue weighted by molar-refractivity contribution is -0.152. The number of amides is 2. The van der Waals surface area contributed by atoms with E-state index < -0.39 is 35.2 Å². The Bertz CT molecular complexity index is 560. The summed E-state index contributed by atoms with van der Waals surface area (Å²) < 4.78 is 10.2. The highest BCUT2D eigenvalue weighted by atomic mass is 16.6. The molecule has 1 aliphatic rings. The van der Waals surface area contributed by atoms with Crippen molar-refractivity contribution < 1.29 is 23.9 Å². The maximum absolute atomic E-state index is 13.3. The summed E-state index contributed by atoms with van der Waals surface area (Å²) in [6.45, 7) is 15.5. The molecule has 7 heteroatoms. The number of alkyl carbamates (subject to hydrolysis) is 1. The van der Waals surface area contributed by atoms with Crippen molar-refractivity contribution in [1.82, 2.24) is 10.2 Å². The fourth-order valence-electron chi connectivity index (χ4n) is 3.19. The minimum atomic E-state index is -0.814. The van der Waals surface area contributed by atoms with Crippen molar-refractivity contribution in [3.8, 4) is 0 Å². The Labute approximate surface area is 163 Å². The van der Waals surface area contributed by atoms with Crippen molar-refractivity contribution in [3.05, 3.63) is 0 Å². The molecule has 7 nitrogen and oxygen atoms in total. The molecule has 1 N–H and O–H groups in total. The molecule has 0 saturated carbocycles. The number of nitrogens with zero attached hydrogens (tertiary/aromatic N) is 1. The third-order valence-electron chi connectivity index (χ3n) is 4.81. The summed E-state index contributed by atoms with van der Waals surface area (Å²) in [4.78, 5) is 39.4. The molecule has 0 unspecified atom stereocenters. The number of hydrogen-bond acceptors (Lipinski definition) is 5.